The number of benzene rings is 2. The molecule has 0 bridgehead atoms. The van der Waals surface area contributed by atoms with Crippen LogP contribution in [-0.2, 0) is 4.79 Å². The highest BCUT2D eigenvalue weighted by molar-refractivity contribution is 6.03. The number of rotatable bonds is 3. The standard InChI is InChI=1S/C19H17FN2O2/c20-13-5-3-4-11(8-13)14-6-1-2-7-15(14)19(24)22-10-12-9-16(12)17(22)18(21)23/h1-8,12,16-17H,9-10H2,(H2,21,23)/t12-,16-,17-/m0/s1. The number of hydrogen-bond donors (Lipinski definition) is 1. The summed E-state index contributed by atoms with van der Waals surface area (Å²) in [5, 5.41) is 0. The van der Waals surface area contributed by atoms with Crippen LogP contribution in [0.2, 0.25) is 0 Å². The number of likely N-dealkylation sites (tertiary alicyclic amines) is 1. The van der Waals surface area contributed by atoms with E-state index < -0.39 is 11.9 Å². The summed E-state index contributed by atoms with van der Waals surface area (Å²) >= 11 is 0. The highest BCUT2D eigenvalue weighted by Gasteiger charge is 2.56. The van der Waals surface area contributed by atoms with Crippen molar-refractivity contribution in [1.82, 2.24) is 4.90 Å². The molecule has 122 valence electrons. The van der Waals surface area contributed by atoms with Crippen LogP contribution in [0.15, 0.2) is 48.5 Å². The Kier molecular flexibility index (Phi) is 3.37. The highest BCUT2D eigenvalue weighted by Crippen LogP contribution is 2.50. The molecule has 3 atom stereocenters. The molecule has 2 fully saturated rings. The second-order valence-electron chi connectivity index (χ2n) is 6.52. The van der Waals surface area contributed by atoms with Gasteiger partial charge in [0.2, 0.25) is 5.91 Å². The third-order valence-corrected chi connectivity index (χ3v) is 5.00. The van der Waals surface area contributed by atoms with Crippen LogP contribution < -0.4 is 5.73 Å². The Morgan fingerprint density at radius 2 is 1.92 bits per heavy atom. The van der Waals surface area contributed by atoms with Gasteiger partial charge in [-0.1, -0.05) is 30.3 Å². The molecule has 0 unspecified atom stereocenters. The van der Waals surface area contributed by atoms with E-state index in [2.05, 4.69) is 0 Å². The first-order valence-corrected chi connectivity index (χ1v) is 8.01. The Balaban J connectivity index is 1.72. The van der Waals surface area contributed by atoms with Gasteiger partial charge in [0.1, 0.15) is 11.9 Å². The minimum Gasteiger partial charge on any atom is -0.368 e. The Bertz CT molecular complexity index is 836. The van der Waals surface area contributed by atoms with Gasteiger partial charge in [-0.05, 0) is 47.6 Å². The van der Waals surface area contributed by atoms with Crippen LogP contribution >= 0.6 is 0 Å². The van der Waals surface area contributed by atoms with E-state index in [9.17, 15) is 14.0 Å². The van der Waals surface area contributed by atoms with Crippen molar-refractivity contribution in [2.75, 3.05) is 6.54 Å². The van der Waals surface area contributed by atoms with E-state index >= 15 is 0 Å². The number of carbonyl (C=O) groups excluding carboxylic acids is 2. The second kappa shape index (κ2) is 5.44. The van der Waals surface area contributed by atoms with Gasteiger partial charge >= 0.3 is 0 Å². The molecule has 2 aromatic rings. The molecule has 1 saturated carbocycles. The van der Waals surface area contributed by atoms with Gasteiger partial charge in [0, 0.05) is 12.1 Å². The molecule has 2 amide bonds. The van der Waals surface area contributed by atoms with Crippen LogP contribution in [0.1, 0.15) is 16.8 Å². The van der Waals surface area contributed by atoms with E-state index in [1.54, 1.807) is 35.2 Å². The number of fused-ring (bicyclic) bond motifs is 1. The molecule has 1 aliphatic carbocycles. The maximum Gasteiger partial charge on any atom is 0.255 e. The first kappa shape index (κ1) is 14.9. The van der Waals surface area contributed by atoms with Crippen LogP contribution in [0.4, 0.5) is 4.39 Å². The van der Waals surface area contributed by atoms with Gasteiger partial charge in [-0.3, -0.25) is 9.59 Å². The summed E-state index contributed by atoms with van der Waals surface area (Å²) in [5.74, 6) is -0.435. The number of nitrogens with zero attached hydrogens (tertiary/aromatic N) is 1. The van der Waals surface area contributed by atoms with Gasteiger partial charge in [-0.2, -0.15) is 0 Å². The minimum absolute atomic E-state index is 0.202. The lowest BCUT2D eigenvalue weighted by Crippen LogP contribution is -2.46. The lowest BCUT2D eigenvalue weighted by molar-refractivity contribution is -0.122. The van der Waals surface area contributed by atoms with Crippen LogP contribution in [0.25, 0.3) is 11.1 Å². The lowest BCUT2D eigenvalue weighted by Gasteiger charge is -2.26. The first-order chi connectivity index (χ1) is 11.6. The van der Waals surface area contributed by atoms with E-state index in [4.69, 9.17) is 5.73 Å². The van der Waals surface area contributed by atoms with E-state index in [1.165, 1.54) is 12.1 Å². The Morgan fingerprint density at radius 1 is 1.12 bits per heavy atom. The summed E-state index contributed by atoms with van der Waals surface area (Å²) in [5.41, 5.74) is 7.27. The fourth-order valence-electron chi connectivity index (χ4n) is 3.77. The minimum atomic E-state index is -0.525. The van der Waals surface area contributed by atoms with Gasteiger partial charge in [0.15, 0.2) is 0 Å². The van der Waals surface area contributed by atoms with Gasteiger partial charge in [-0.15, -0.1) is 0 Å². The molecule has 4 nitrogen and oxygen atoms in total. The Morgan fingerprint density at radius 3 is 2.67 bits per heavy atom. The summed E-state index contributed by atoms with van der Waals surface area (Å²) in [6, 6.07) is 12.7. The molecule has 1 heterocycles. The molecule has 0 radical (unpaired) electrons. The summed E-state index contributed by atoms with van der Waals surface area (Å²) in [7, 11) is 0. The van der Waals surface area contributed by atoms with Gasteiger partial charge in [-0.25, -0.2) is 4.39 Å². The van der Waals surface area contributed by atoms with E-state index in [0.717, 1.165) is 6.42 Å². The van der Waals surface area contributed by atoms with Crippen molar-refractivity contribution < 1.29 is 14.0 Å². The average molecular weight is 324 g/mol. The van der Waals surface area contributed by atoms with E-state index in [0.29, 0.717) is 29.2 Å². The molecule has 2 aliphatic rings. The third kappa shape index (κ3) is 2.37. The summed E-state index contributed by atoms with van der Waals surface area (Å²) in [6.45, 7) is 0.564. The third-order valence-electron chi connectivity index (χ3n) is 5.00. The van der Waals surface area contributed by atoms with Crippen LogP contribution in [0, 0.1) is 17.7 Å². The van der Waals surface area contributed by atoms with Crippen molar-refractivity contribution in [1.29, 1.82) is 0 Å². The zero-order chi connectivity index (χ0) is 16.8. The summed E-state index contributed by atoms with van der Waals surface area (Å²) in [4.78, 5) is 26.4. The number of nitrogens with two attached hydrogens (primary N) is 1. The predicted molar refractivity (Wildman–Crippen MR) is 87.5 cm³/mol. The normalized spacial score (nSPS) is 24.5. The van der Waals surface area contributed by atoms with Crippen LogP contribution in [0.3, 0.4) is 0 Å². The zero-order valence-corrected chi connectivity index (χ0v) is 13.0. The number of carbonyl (C=O) groups is 2. The van der Waals surface area contributed by atoms with E-state index in [1.807, 2.05) is 6.07 Å². The van der Waals surface area contributed by atoms with Gasteiger partial charge in [0.05, 0.1) is 0 Å². The lowest BCUT2D eigenvalue weighted by atomic mass is 9.98. The molecular weight excluding hydrogens is 307 g/mol. The van der Waals surface area contributed by atoms with Crippen molar-refractivity contribution in [3.05, 3.63) is 59.9 Å². The topological polar surface area (TPSA) is 63.4 Å². The fraction of sp³-hybridized carbons (Fsp3) is 0.263. The van der Waals surface area contributed by atoms with E-state index in [-0.39, 0.29) is 17.6 Å². The Labute approximate surface area is 139 Å². The Hall–Kier alpha value is -2.69. The van der Waals surface area contributed by atoms with Crippen LogP contribution in [-0.4, -0.2) is 29.3 Å². The zero-order valence-electron chi connectivity index (χ0n) is 13.0. The summed E-state index contributed by atoms with van der Waals surface area (Å²) < 4.78 is 13.6. The van der Waals surface area contributed by atoms with Crippen molar-refractivity contribution >= 4 is 11.8 Å². The molecule has 5 heteroatoms. The second-order valence-corrected chi connectivity index (χ2v) is 6.52. The molecule has 24 heavy (non-hydrogen) atoms. The first-order valence-electron chi connectivity index (χ1n) is 8.01. The molecule has 2 N–H and O–H groups in total. The predicted octanol–water partition coefficient (Wildman–Crippen LogP) is 2.44. The number of piperidine rings is 1. The molecule has 0 spiro atoms. The molecule has 1 saturated heterocycles. The molecular formula is C19H17FN2O2. The molecule has 2 aromatic carbocycles. The SMILES string of the molecule is NC(=O)[C@@H]1[C@H]2C[C@H]2CN1C(=O)c1ccccc1-c1cccc(F)c1. The van der Waals surface area contributed by atoms with Crippen molar-refractivity contribution in [2.45, 2.75) is 12.5 Å². The average Bonchev–Trinajstić information content (AvgIpc) is 3.23. The largest absolute Gasteiger partial charge is 0.368 e. The van der Waals surface area contributed by atoms with Crippen molar-refractivity contribution in [3.63, 3.8) is 0 Å². The quantitative estimate of drug-likeness (QED) is 0.942. The molecule has 1 aliphatic heterocycles. The number of amides is 2. The monoisotopic (exact) mass is 324 g/mol. The number of primary amides is 1. The molecule has 0 aromatic heterocycles. The number of halogens is 1. The summed E-state index contributed by atoms with van der Waals surface area (Å²) in [6.07, 6.45) is 0.961. The maximum atomic E-state index is 13.6. The maximum absolute atomic E-state index is 13.6. The van der Waals surface area contributed by atoms with Crippen molar-refractivity contribution in [2.24, 2.45) is 17.6 Å². The number of hydrogen-bond acceptors (Lipinski definition) is 2. The molecule has 4 rings (SSSR count). The highest BCUT2D eigenvalue weighted by atomic mass is 19.1. The fourth-order valence-corrected chi connectivity index (χ4v) is 3.77. The van der Waals surface area contributed by atoms with Gasteiger partial charge in [0.25, 0.3) is 5.91 Å². The van der Waals surface area contributed by atoms with Crippen molar-refractivity contribution in [3.8, 4) is 11.1 Å². The van der Waals surface area contributed by atoms with Crippen LogP contribution in [0.5, 0.6) is 0 Å². The van der Waals surface area contributed by atoms with Gasteiger partial charge < -0.3 is 10.6 Å². The smallest absolute Gasteiger partial charge is 0.255 e.